The molecule has 168 valence electrons. The third-order valence-corrected chi connectivity index (χ3v) is 8.39. The minimum absolute atomic E-state index is 0.0717. The Labute approximate surface area is 187 Å². The van der Waals surface area contributed by atoms with Crippen LogP contribution in [-0.4, -0.2) is 44.3 Å². The number of sulfonamides is 1. The Morgan fingerprint density at radius 1 is 1.10 bits per heavy atom. The van der Waals surface area contributed by atoms with Crippen LogP contribution >= 0.6 is 11.3 Å². The van der Waals surface area contributed by atoms with Gasteiger partial charge in [-0.15, -0.1) is 11.3 Å². The maximum absolute atomic E-state index is 12.8. The van der Waals surface area contributed by atoms with Crippen molar-refractivity contribution in [1.29, 1.82) is 0 Å². The number of nitrogens with one attached hydrogen (secondary N) is 1. The summed E-state index contributed by atoms with van der Waals surface area (Å²) in [6.45, 7) is 6.81. The molecule has 2 heterocycles. The lowest BCUT2D eigenvalue weighted by molar-refractivity contribution is -0.115. The molecule has 1 aliphatic heterocycles. The highest BCUT2D eigenvalue weighted by molar-refractivity contribution is 7.89. The number of amides is 1. The Morgan fingerprint density at radius 2 is 1.74 bits per heavy atom. The summed E-state index contributed by atoms with van der Waals surface area (Å²) < 4.78 is 32.1. The van der Waals surface area contributed by atoms with Gasteiger partial charge in [0.2, 0.25) is 15.9 Å². The zero-order valence-electron chi connectivity index (χ0n) is 18.1. The quantitative estimate of drug-likeness (QED) is 0.628. The molecule has 1 aliphatic rings. The second kappa shape index (κ2) is 9.93. The first kappa shape index (κ1) is 23.4. The van der Waals surface area contributed by atoms with Crippen LogP contribution in [0.25, 0.3) is 0 Å². The van der Waals surface area contributed by atoms with Crippen LogP contribution in [0, 0.1) is 13.8 Å². The van der Waals surface area contributed by atoms with E-state index in [1.807, 2.05) is 13.8 Å². The zero-order valence-corrected chi connectivity index (χ0v) is 19.7. The fourth-order valence-corrected chi connectivity index (χ4v) is 6.14. The molecule has 1 amide bonds. The van der Waals surface area contributed by atoms with Crippen molar-refractivity contribution in [2.45, 2.75) is 51.3 Å². The maximum atomic E-state index is 12.8. The summed E-state index contributed by atoms with van der Waals surface area (Å²) in [6.07, 6.45) is 2.89. The Morgan fingerprint density at radius 3 is 2.35 bits per heavy atom. The summed E-state index contributed by atoms with van der Waals surface area (Å²) in [6, 6.07) is 6.42. The van der Waals surface area contributed by atoms with E-state index in [1.165, 1.54) is 15.6 Å². The molecule has 1 aromatic carbocycles. The summed E-state index contributed by atoms with van der Waals surface area (Å²) in [4.78, 5) is 26.0. The molecule has 2 aromatic rings. The highest BCUT2D eigenvalue weighted by Gasteiger charge is 2.26. The molecular weight excluding hydrogens is 436 g/mol. The van der Waals surface area contributed by atoms with Crippen LogP contribution in [0.5, 0.6) is 0 Å². The number of ether oxygens (including phenoxy) is 1. The van der Waals surface area contributed by atoms with Gasteiger partial charge in [0, 0.05) is 18.0 Å². The summed E-state index contributed by atoms with van der Waals surface area (Å²) in [5.41, 5.74) is 1.88. The van der Waals surface area contributed by atoms with Crippen molar-refractivity contribution in [2.75, 3.05) is 25.0 Å². The summed E-state index contributed by atoms with van der Waals surface area (Å²) in [7, 11) is -3.50. The third kappa shape index (κ3) is 5.34. The van der Waals surface area contributed by atoms with Crippen LogP contribution < -0.4 is 5.32 Å². The van der Waals surface area contributed by atoms with E-state index < -0.39 is 16.0 Å². The topological polar surface area (TPSA) is 92.8 Å². The van der Waals surface area contributed by atoms with E-state index in [4.69, 9.17) is 4.74 Å². The van der Waals surface area contributed by atoms with E-state index in [2.05, 4.69) is 5.32 Å². The second-order valence-electron chi connectivity index (χ2n) is 7.54. The molecule has 0 saturated carbocycles. The molecule has 1 N–H and O–H groups in total. The molecule has 1 aromatic heterocycles. The first-order valence-electron chi connectivity index (χ1n) is 10.4. The van der Waals surface area contributed by atoms with Crippen LogP contribution in [0.3, 0.4) is 0 Å². The van der Waals surface area contributed by atoms with Crippen LogP contribution in [0.1, 0.15) is 52.5 Å². The van der Waals surface area contributed by atoms with E-state index in [-0.39, 0.29) is 23.8 Å². The average molecular weight is 465 g/mol. The van der Waals surface area contributed by atoms with E-state index in [1.54, 1.807) is 31.2 Å². The number of esters is 1. The molecule has 3 rings (SSSR count). The van der Waals surface area contributed by atoms with Gasteiger partial charge >= 0.3 is 5.97 Å². The van der Waals surface area contributed by atoms with Gasteiger partial charge in [-0.05, 0) is 56.9 Å². The zero-order chi connectivity index (χ0) is 22.6. The van der Waals surface area contributed by atoms with Crippen LogP contribution in [0.2, 0.25) is 0 Å². The fourth-order valence-electron chi connectivity index (χ4n) is 3.55. The molecular formula is C22H28N2O5S2. The van der Waals surface area contributed by atoms with Gasteiger partial charge in [0.05, 0.1) is 23.5 Å². The number of nitrogens with zero attached hydrogens (tertiary/aromatic N) is 1. The van der Waals surface area contributed by atoms with Crippen molar-refractivity contribution < 1.29 is 22.7 Å². The van der Waals surface area contributed by atoms with E-state index in [9.17, 15) is 18.0 Å². The number of benzene rings is 1. The number of carbonyl (C=O) groups excluding carboxylic acids is 2. The number of thiophene rings is 1. The predicted molar refractivity (Wildman–Crippen MR) is 121 cm³/mol. The van der Waals surface area contributed by atoms with Gasteiger partial charge in [0.15, 0.2) is 0 Å². The Hall–Kier alpha value is -2.23. The van der Waals surface area contributed by atoms with Crippen molar-refractivity contribution in [3.05, 3.63) is 45.8 Å². The van der Waals surface area contributed by atoms with E-state index in [0.29, 0.717) is 29.2 Å². The van der Waals surface area contributed by atoms with Crippen LogP contribution in [-0.2, 0) is 26.0 Å². The molecule has 7 nitrogen and oxygen atoms in total. The predicted octanol–water partition coefficient (Wildman–Crippen LogP) is 3.90. The third-order valence-electron chi connectivity index (χ3n) is 5.36. The monoisotopic (exact) mass is 464 g/mol. The van der Waals surface area contributed by atoms with Gasteiger partial charge in [-0.2, -0.15) is 4.31 Å². The molecule has 0 bridgehead atoms. The van der Waals surface area contributed by atoms with Gasteiger partial charge in [-0.1, -0.05) is 18.6 Å². The van der Waals surface area contributed by atoms with Crippen molar-refractivity contribution in [1.82, 2.24) is 4.31 Å². The SMILES string of the molecule is CCOC(=O)c1c(NC(=O)Cc2ccc(S(=O)(=O)N3CCCCC3)cc2)sc(C)c1C. The minimum Gasteiger partial charge on any atom is -0.462 e. The van der Waals surface area contributed by atoms with Gasteiger partial charge < -0.3 is 10.1 Å². The smallest absolute Gasteiger partial charge is 0.341 e. The van der Waals surface area contributed by atoms with Crippen molar-refractivity contribution in [3.8, 4) is 0 Å². The number of anilines is 1. The van der Waals surface area contributed by atoms with Crippen LogP contribution in [0.15, 0.2) is 29.2 Å². The molecule has 0 unspecified atom stereocenters. The first-order chi connectivity index (χ1) is 14.7. The highest BCUT2D eigenvalue weighted by Crippen LogP contribution is 2.33. The van der Waals surface area contributed by atoms with Gasteiger partial charge in [-0.25, -0.2) is 13.2 Å². The maximum Gasteiger partial charge on any atom is 0.341 e. The molecule has 0 aliphatic carbocycles. The van der Waals surface area contributed by atoms with Gasteiger partial charge in [0.1, 0.15) is 5.00 Å². The molecule has 9 heteroatoms. The largest absolute Gasteiger partial charge is 0.462 e. The number of hydrogen-bond acceptors (Lipinski definition) is 6. The van der Waals surface area contributed by atoms with Crippen molar-refractivity contribution in [3.63, 3.8) is 0 Å². The van der Waals surface area contributed by atoms with E-state index in [0.717, 1.165) is 29.7 Å². The number of rotatable bonds is 7. The highest BCUT2D eigenvalue weighted by atomic mass is 32.2. The first-order valence-corrected chi connectivity index (χ1v) is 12.7. The lowest BCUT2D eigenvalue weighted by atomic mass is 10.1. The average Bonchev–Trinajstić information content (AvgIpc) is 3.02. The summed E-state index contributed by atoms with van der Waals surface area (Å²) in [5, 5.41) is 3.28. The van der Waals surface area contributed by atoms with Crippen LogP contribution in [0.4, 0.5) is 5.00 Å². The fraction of sp³-hybridized carbons (Fsp3) is 0.455. The Kier molecular flexibility index (Phi) is 7.51. The van der Waals surface area contributed by atoms with Gasteiger partial charge in [-0.3, -0.25) is 4.79 Å². The lowest BCUT2D eigenvalue weighted by Crippen LogP contribution is -2.35. The second-order valence-corrected chi connectivity index (χ2v) is 10.7. The van der Waals surface area contributed by atoms with Crippen molar-refractivity contribution in [2.24, 2.45) is 0 Å². The molecule has 0 spiro atoms. The minimum atomic E-state index is -3.50. The molecule has 1 fully saturated rings. The molecule has 1 saturated heterocycles. The lowest BCUT2D eigenvalue weighted by Gasteiger charge is -2.25. The summed E-state index contributed by atoms with van der Waals surface area (Å²) >= 11 is 1.34. The molecule has 0 atom stereocenters. The number of hydrogen-bond donors (Lipinski definition) is 1. The standard InChI is InChI=1S/C22H28N2O5S2/c1-4-29-22(26)20-15(2)16(3)30-21(20)23-19(25)14-17-8-10-18(11-9-17)31(27,28)24-12-6-5-7-13-24/h8-11H,4-7,12-14H2,1-3H3,(H,23,25). The Balaban J connectivity index is 1.69. The van der Waals surface area contributed by atoms with Crippen molar-refractivity contribution >= 4 is 38.2 Å². The van der Waals surface area contributed by atoms with E-state index >= 15 is 0 Å². The molecule has 0 radical (unpaired) electrons. The Bertz CT molecular complexity index is 1050. The molecule has 31 heavy (non-hydrogen) atoms. The van der Waals surface area contributed by atoms with Gasteiger partial charge in [0.25, 0.3) is 0 Å². The number of carbonyl (C=O) groups is 2. The summed E-state index contributed by atoms with van der Waals surface area (Å²) in [5.74, 6) is -0.731. The normalized spacial score (nSPS) is 14.9. The number of aryl methyl sites for hydroxylation is 1. The number of piperidine rings is 1.